The highest BCUT2D eigenvalue weighted by atomic mass is 16.1. The van der Waals surface area contributed by atoms with Gasteiger partial charge in [-0.3, -0.25) is 4.79 Å². The van der Waals surface area contributed by atoms with Crippen molar-refractivity contribution in [3.05, 3.63) is 77.6 Å². The SMILES string of the molecule is Cc1cccc(-c2cc(N3CCC(C(=O)NCc4ccccc4C)CC3)ncn2)c1. The van der Waals surface area contributed by atoms with Crippen molar-refractivity contribution >= 4 is 11.7 Å². The molecule has 3 aromatic rings. The predicted molar refractivity (Wildman–Crippen MR) is 120 cm³/mol. The average Bonchev–Trinajstić information content (AvgIpc) is 2.78. The number of carbonyl (C=O) groups is 1. The Morgan fingerprint density at radius 1 is 1.03 bits per heavy atom. The van der Waals surface area contributed by atoms with E-state index in [2.05, 4.69) is 64.4 Å². The van der Waals surface area contributed by atoms with Crippen molar-refractivity contribution in [1.82, 2.24) is 15.3 Å². The van der Waals surface area contributed by atoms with Gasteiger partial charge in [0.1, 0.15) is 12.1 Å². The normalized spacial score (nSPS) is 14.5. The van der Waals surface area contributed by atoms with Gasteiger partial charge in [-0.05, 0) is 43.9 Å². The molecule has 5 nitrogen and oxygen atoms in total. The first kappa shape index (κ1) is 20.1. The summed E-state index contributed by atoms with van der Waals surface area (Å²) in [4.78, 5) is 23.8. The van der Waals surface area contributed by atoms with Gasteiger partial charge in [0.2, 0.25) is 5.91 Å². The van der Waals surface area contributed by atoms with Crippen molar-refractivity contribution in [2.75, 3.05) is 18.0 Å². The Bertz CT molecular complexity index is 1020. The summed E-state index contributed by atoms with van der Waals surface area (Å²) < 4.78 is 0. The molecule has 0 radical (unpaired) electrons. The molecule has 0 bridgehead atoms. The van der Waals surface area contributed by atoms with E-state index in [9.17, 15) is 4.79 Å². The van der Waals surface area contributed by atoms with E-state index in [0.717, 1.165) is 43.0 Å². The first-order valence-corrected chi connectivity index (χ1v) is 10.6. The van der Waals surface area contributed by atoms with Crippen LogP contribution in [-0.2, 0) is 11.3 Å². The highest BCUT2D eigenvalue weighted by Crippen LogP contribution is 2.25. The van der Waals surface area contributed by atoms with Crippen LogP contribution in [0, 0.1) is 19.8 Å². The molecule has 0 saturated carbocycles. The lowest BCUT2D eigenvalue weighted by molar-refractivity contribution is -0.125. The molecule has 5 heteroatoms. The molecule has 0 aliphatic carbocycles. The highest BCUT2D eigenvalue weighted by Gasteiger charge is 2.25. The minimum atomic E-state index is 0.0587. The molecule has 2 heterocycles. The zero-order valence-corrected chi connectivity index (χ0v) is 17.6. The van der Waals surface area contributed by atoms with Crippen LogP contribution >= 0.6 is 0 Å². The van der Waals surface area contributed by atoms with Crippen LogP contribution in [0.3, 0.4) is 0 Å². The molecule has 1 aromatic heterocycles. The molecule has 4 rings (SSSR count). The lowest BCUT2D eigenvalue weighted by Gasteiger charge is -2.32. The number of anilines is 1. The fraction of sp³-hybridized carbons (Fsp3) is 0.320. The van der Waals surface area contributed by atoms with E-state index < -0.39 is 0 Å². The summed E-state index contributed by atoms with van der Waals surface area (Å²) in [5, 5.41) is 3.12. The number of aryl methyl sites for hydroxylation is 2. The van der Waals surface area contributed by atoms with E-state index in [-0.39, 0.29) is 11.8 Å². The van der Waals surface area contributed by atoms with E-state index in [4.69, 9.17) is 0 Å². The maximum atomic E-state index is 12.6. The summed E-state index contributed by atoms with van der Waals surface area (Å²) in [5.74, 6) is 1.14. The largest absolute Gasteiger partial charge is 0.356 e. The van der Waals surface area contributed by atoms with Gasteiger partial charge in [0.05, 0.1) is 5.69 Å². The molecule has 1 saturated heterocycles. The number of amides is 1. The number of aromatic nitrogens is 2. The van der Waals surface area contributed by atoms with Crippen LogP contribution in [0.5, 0.6) is 0 Å². The summed E-state index contributed by atoms with van der Waals surface area (Å²) >= 11 is 0. The fourth-order valence-electron chi connectivity index (χ4n) is 3.99. The minimum Gasteiger partial charge on any atom is -0.356 e. The standard InChI is InChI=1S/C25H28N4O/c1-18-6-5-9-21(14-18)23-15-24(28-17-27-23)29-12-10-20(11-13-29)25(30)26-16-22-8-4-3-7-19(22)2/h3-9,14-15,17,20H,10-13,16H2,1-2H3,(H,26,30). The van der Waals surface area contributed by atoms with Crippen LogP contribution in [0.4, 0.5) is 5.82 Å². The maximum Gasteiger partial charge on any atom is 0.223 e. The summed E-state index contributed by atoms with van der Waals surface area (Å²) in [6, 6.07) is 18.6. The first-order valence-electron chi connectivity index (χ1n) is 10.6. The monoisotopic (exact) mass is 400 g/mol. The van der Waals surface area contributed by atoms with Gasteiger partial charge in [-0.25, -0.2) is 9.97 Å². The second kappa shape index (κ2) is 9.08. The molecule has 1 amide bonds. The number of hydrogen-bond acceptors (Lipinski definition) is 4. The van der Waals surface area contributed by atoms with Crippen LogP contribution < -0.4 is 10.2 Å². The number of carbonyl (C=O) groups excluding carboxylic acids is 1. The Kier molecular flexibility index (Phi) is 6.07. The van der Waals surface area contributed by atoms with Crippen molar-refractivity contribution in [2.24, 2.45) is 5.92 Å². The lowest BCUT2D eigenvalue weighted by Crippen LogP contribution is -2.40. The zero-order valence-electron chi connectivity index (χ0n) is 17.6. The number of piperidine rings is 1. The van der Waals surface area contributed by atoms with Crippen molar-refractivity contribution < 1.29 is 4.79 Å². The predicted octanol–water partition coefficient (Wildman–Crippen LogP) is 4.29. The molecule has 0 atom stereocenters. The molecule has 1 fully saturated rings. The molecule has 154 valence electrons. The number of nitrogens with one attached hydrogen (secondary N) is 1. The molecule has 1 aliphatic rings. The van der Waals surface area contributed by atoms with Gasteiger partial charge in [-0.2, -0.15) is 0 Å². The van der Waals surface area contributed by atoms with Crippen LogP contribution in [0.15, 0.2) is 60.9 Å². The lowest BCUT2D eigenvalue weighted by atomic mass is 9.95. The molecular formula is C25H28N4O. The summed E-state index contributed by atoms with van der Waals surface area (Å²) in [5.41, 5.74) is 5.63. The van der Waals surface area contributed by atoms with Crippen molar-refractivity contribution in [2.45, 2.75) is 33.2 Å². The Hall–Kier alpha value is -3.21. The third-order valence-corrected chi connectivity index (χ3v) is 5.87. The number of benzene rings is 2. The highest BCUT2D eigenvalue weighted by molar-refractivity contribution is 5.79. The molecular weight excluding hydrogens is 372 g/mol. The number of rotatable bonds is 5. The average molecular weight is 401 g/mol. The minimum absolute atomic E-state index is 0.0587. The van der Waals surface area contributed by atoms with Gasteiger partial charge in [-0.15, -0.1) is 0 Å². The molecule has 1 N–H and O–H groups in total. The molecule has 0 spiro atoms. The summed E-state index contributed by atoms with van der Waals surface area (Å²) in [6.45, 7) is 6.41. The smallest absolute Gasteiger partial charge is 0.223 e. The van der Waals surface area contributed by atoms with Crippen molar-refractivity contribution in [3.63, 3.8) is 0 Å². The van der Waals surface area contributed by atoms with Gasteiger partial charge >= 0.3 is 0 Å². The van der Waals surface area contributed by atoms with Crippen LogP contribution in [-0.4, -0.2) is 29.0 Å². The van der Waals surface area contributed by atoms with Crippen molar-refractivity contribution in [1.29, 1.82) is 0 Å². The van der Waals surface area contributed by atoms with E-state index in [1.54, 1.807) is 6.33 Å². The number of nitrogens with zero attached hydrogens (tertiary/aromatic N) is 3. The first-order chi connectivity index (χ1) is 14.6. The Balaban J connectivity index is 1.35. The van der Waals surface area contributed by atoms with Crippen LogP contribution in [0.2, 0.25) is 0 Å². The van der Waals surface area contributed by atoms with Gasteiger partial charge in [0, 0.05) is 37.2 Å². The van der Waals surface area contributed by atoms with E-state index in [1.165, 1.54) is 16.7 Å². The second-order valence-corrected chi connectivity index (χ2v) is 8.04. The van der Waals surface area contributed by atoms with Gasteiger partial charge in [0.25, 0.3) is 0 Å². The topological polar surface area (TPSA) is 58.1 Å². The summed E-state index contributed by atoms with van der Waals surface area (Å²) in [6.07, 6.45) is 3.31. The van der Waals surface area contributed by atoms with E-state index >= 15 is 0 Å². The summed E-state index contributed by atoms with van der Waals surface area (Å²) in [7, 11) is 0. The quantitative estimate of drug-likeness (QED) is 0.694. The van der Waals surface area contributed by atoms with E-state index in [1.807, 2.05) is 24.3 Å². The zero-order chi connectivity index (χ0) is 20.9. The van der Waals surface area contributed by atoms with Crippen LogP contribution in [0.25, 0.3) is 11.3 Å². The number of hydrogen-bond donors (Lipinski definition) is 1. The maximum absolute atomic E-state index is 12.6. The molecule has 2 aromatic carbocycles. The molecule has 0 unspecified atom stereocenters. The van der Waals surface area contributed by atoms with E-state index in [0.29, 0.717) is 6.54 Å². The third-order valence-electron chi connectivity index (χ3n) is 5.87. The van der Waals surface area contributed by atoms with Gasteiger partial charge in [0.15, 0.2) is 0 Å². The fourth-order valence-corrected chi connectivity index (χ4v) is 3.99. The van der Waals surface area contributed by atoms with Crippen molar-refractivity contribution in [3.8, 4) is 11.3 Å². The Labute approximate surface area is 178 Å². The Morgan fingerprint density at radius 2 is 1.83 bits per heavy atom. The third kappa shape index (κ3) is 4.67. The molecule has 1 aliphatic heterocycles. The second-order valence-electron chi connectivity index (χ2n) is 8.04. The van der Waals surface area contributed by atoms with Gasteiger partial charge < -0.3 is 10.2 Å². The molecule has 30 heavy (non-hydrogen) atoms. The van der Waals surface area contributed by atoms with Gasteiger partial charge in [-0.1, -0.05) is 48.0 Å². The Morgan fingerprint density at radius 3 is 2.60 bits per heavy atom. The van der Waals surface area contributed by atoms with Crippen LogP contribution in [0.1, 0.15) is 29.5 Å².